The van der Waals surface area contributed by atoms with Crippen LogP contribution < -0.4 is 0 Å². The molecule has 0 saturated heterocycles. The van der Waals surface area contributed by atoms with E-state index in [2.05, 4.69) is 0 Å². The summed E-state index contributed by atoms with van der Waals surface area (Å²) < 4.78 is 0. The Hall–Kier alpha value is 0. The Kier molecular flexibility index (Phi) is 0. The summed E-state index contributed by atoms with van der Waals surface area (Å²) in [6, 6.07) is 0. The highest BCUT2D eigenvalue weighted by Gasteiger charge is 0.00844. The van der Waals surface area contributed by atoms with Gasteiger partial charge in [0.1, 0.15) is 0 Å². The molecule has 0 aliphatic rings. The Morgan fingerprint density at radius 1 is 0.0115 bits per heavy atom. The maximum absolute atomic E-state index is 0. The van der Waals surface area contributed by atoms with E-state index in [0.717, 1.165) is 0 Å². The molecule has 0 heterocycles. The van der Waals surface area contributed by atoms with Crippen molar-refractivity contribution in [1.29, 1.82) is 0 Å². The molecule has 0 rings (SSSR count). The van der Waals surface area contributed by atoms with Gasteiger partial charge in [-0.1, -0.05) is 646 Å². The zero-order valence-electron chi connectivity index (χ0n) is 0. The highest BCUT2D eigenvalue weighted by atomic mass is 12.1. The molecule has 0 spiro atoms. The van der Waals surface area contributed by atoms with Gasteiger partial charge < -0.3 is 0 Å². The largest absolute Gasteiger partial charge is 0.0776 e. The van der Waals surface area contributed by atoms with E-state index in [0.29, 0.717) is 0 Å². The Labute approximate surface area is 643 Å². The van der Waals surface area contributed by atoms with Crippen molar-refractivity contribution in [2.45, 2.75) is 646 Å². The summed E-state index contributed by atoms with van der Waals surface area (Å²) >= 11 is 0. The molecular formula is C87H348. The van der Waals surface area contributed by atoms with Crippen LogP contribution in [-0.2, 0) is 0 Å². The SMILES string of the molecule is C.C.C.C.C.C.C.C.C.C.C.C.C.C.C.C.C.C.C.C.C.C.C.C.C.C.C.C.C.C.C.C.C.C.C.C.C.C.C.C.C.C.C.C.C.C.C.C.C.C.C.C.C.C.C.C.C.C.C.C.C.C.C.C.C.C.C.C.C.C.C.C.C.C.C.C.C.C.C.C.C.C.C.C.C.C.C. The molecule has 0 saturated carbocycles. The lowest BCUT2D eigenvalue weighted by atomic mass is 12.0. The molecule has 0 aromatic rings. The van der Waals surface area contributed by atoms with Crippen molar-refractivity contribution in [3.8, 4) is 0 Å². The predicted molar refractivity (Wildman–Crippen MR) is 586 cm³/mol. The normalized spacial score (nSPS) is 0. The van der Waals surface area contributed by atoms with Crippen LogP contribution in [0.1, 0.15) is 646 Å². The van der Waals surface area contributed by atoms with Crippen molar-refractivity contribution in [3.63, 3.8) is 0 Å². The molecule has 0 aliphatic carbocycles. The predicted octanol–water partition coefficient (Wildman–Crippen LogP) is 55.3. The average molecular weight is 1400 g/mol. The minimum atomic E-state index is 0. The van der Waals surface area contributed by atoms with Crippen LogP contribution in [-0.4, -0.2) is 0 Å². The lowest BCUT2D eigenvalue weighted by Gasteiger charge is -0.0786. The maximum Gasteiger partial charge on any atom is -0.0776 e. The van der Waals surface area contributed by atoms with Crippen LogP contribution in [0.25, 0.3) is 0 Å². The van der Waals surface area contributed by atoms with Crippen LogP contribution in [0.5, 0.6) is 0 Å². The quantitative estimate of drug-likeness (QED) is 0.227. The zero-order valence-corrected chi connectivity index (χ0v) is 0. The highest BCUT2D eigenvalue weighted by Crippen LogP contribution is 0.230. The third-order valence-corrected chi connectivity index (χ3v) is 0. The van der Waals surface area contributed by atoms with Gasteiger partial charge in [0.05, 0.1) is 0 Å². The first-order valence-electron chi connectivity index (χ1n) is 0. The third kappa shape index (κ3) is 0. The number of hydrogen-bond acceptors (Lipinski definition) is 0. The summed E-state index contributed by atoms with van der Waals surface area (Å²) in [5, 5.41) is 0. The first kappa shape index (κ1) is 0. The van der Waals surface area contributed by atoms with E-state index in [1.807, 2.05) is 0 Å². The van der Waals surface area contributed by atoms with E-state index in [9.17, 15) is 0 Å². The van der Waals surface area contributed by atoms with E-state index in [1.165, 1.54) is 0 Å². The highest BCUT2D eigenvalue weighted by molar-refractivity contribution is 2.59. The molecule has 0 amide bonds. The van der Waals surface area contributed by atoms with Crippen molar-refractivity contribution in [3.05, 3.63) is 0 Å². The van der Waals surface area contributed by atoms with E-state index < -0.39 is 0 Å². The maximum atomic E-state index is 0. The fourth-order valence-electron chi connectivity index (χ4n) is 0. The molecule has 0 bridgehead atoms. The number of rotatable bonds is 0. The molecule has 0 aliphatic heterocycles. The smallest absolute Gasteiger partial charge is 0.0776 e. The second-order valence-corrected chi connectivity index (χ2v) is 0. The summed E-state index contributed by atoms with van der Waals surface area (Å²) in [5.74, 6) is 0. The summed E-state index contributed by atoms with van der Waals surface area (Å²) in [6.07, 6.45) is 0. The molecule has 0 N–H and O–H groups in total. The fourth-order valence-corrected chi connectivity index (χ4v) is 0. The molecule has 0 fully saturated rings. The molecule has 0 atom stereocenters. The van der Waals surface area contributed by atoms with Gasteiger partial charge in [0.25, 0.3) is 0 Å². The summed E-state index contributed by atoms with van der Waals surface area (Å²) in [7, 11) is 0. The second-order valence-electron chi connectivity index (χ2n) is 0. The van der Waals surface area contributed by atoms with Gasteiger partial charge in [-0.25, -0.2) is 0 Å². The molecule has 0 aromatic heterocycles. The van der Waals surface area contributed by atoms with E-state index in [4.69, 9.17) is 0 Å². The van der Waals surface area contributed by atoms with Crippen LogP contribution in [0.3, 0.4) is 0 Å². The molecule has 0 unspecified atom stereocenters. The van der Waals surface area contributed by atoms with Gasteiger partial charge in [-0.05, 0) is 0 Å². The van der Waals surface area contributed by atoms with Gasteiger partial charge in [-0.3, -0.25) is 0 Å². The van der Waals surface area contributed by atoms with Crippen molar-refractivity contribution in [2.24, 2.45) is 0 Å². The average Bonchev–Trinajstić information content (AvgIpc) is 0. The van der Waals surface area contributed by atoms with Gasteiger partial charge in [0.2, 0.25) is 0 Å². The van der Waals surface area contributed by atoms with Gasteiger partial charge >= 0.3 is 0 Å². The van der Waals surface area contributed by atoms with Crippen LogP contribution >= 0.6 is 0 Å². The Balaban J connectivity index is 0. The lowest BCUT2D eigenvalue weighted by Crippen LogP contribution is 0.143. The molecule has 696 valence electrons. The fraction of sp³-hybridized carbons (Fsp3) is 1.00. The molecule has 87 heavy (non-hydrogen) atoms. The van der Waals surface area contributed by atoms with Crippen LogP contribution in [0.4, 0.5) is 0 Å². The van der Waals surface area contributed by atoms with Crippen LogP contribution in [0.2, 0.25) is 0 Å². The summed E-state index contributed by atoms with van der Waals surface area (Å²) in [4.78, 5) is 0. The van der Waals surface area contributed by atoms with Gasteiger partial charge in [0.15, 0.2) is 0 Å². The zero-order chi connectivity index (χ0) is 0. The standard InChI is InChI=1S/87CH4/h87*1H4. The molecule has 0 nitrogen and oxygen atoms in total. The molecule has 0 radical (unpaired) electrons. The summed E-state index contributed by atoms with van der Waals surface area (Å²) in [6.45, 7) is 0. The van der Waals surface area contributed by atoms with Crippen LogP contribution in [0.15, 0.2) is 0 Å². The minimum absolute atomic E-state index is 0. The van der Waals surface area contributed by atoms with Crippen molar-refractivity contribution >= 4 is 0 Å². The molecule has 0 heteroatoms. The Bertz CT molecular complexity index is 0. The third-order valence-electron chi connectivity index (χ3n) is 0. The number of hydrogen-bond donors (Lipinski definition) is 0. The monoisotopic (exact) mass is 1390 g/mol. The van der Waals surface area contributed by atoms with Crippen molar-refractivity contribution in [2.75, 3.05) is 0 Å². The summed E-state index contributed by atoms with van der Waals surface area (Å²) in [5.41, 5.74) is 0. The van der Waals surface area contributed by atoms with E-state index in [1.54, 1.807) is 0 Å². The Morgan fingerprint density at radius 3 is 0.0115 bits per heavy atom. The van der Waals surface area contributed by atoms with Crippen LogP contribution in [0, 0.1) is 0 Å². The van der Waals surface area contributed by atoms with Crippen molar-refractivity contribution in [1.82, 2.24) is 0 Å². The topological polar surface area (TPSA) is 0 Å². The van der Waals surface area contributed by atoms with E-state index >= 15 is 0 Å². The molecular weight excluding hydrogens is 1040 g/mol. The van der Waals surface area contributed by atoms with Gasteiger partial charge in [-0.15, -0.1) is 0 Å². The second kappa shape index (κ2) is 0. The first-order valence-corrected chi connectivity index (χ1v) is 0. The van der Waals surface area contributed by atoms with Gasteiger partial charge in [0, 0.05) is 0 Å². The minimum Gasteiger partial charge on any atom is -0.0776 e. The first-order chi connectivity index (χ1) is 0. The van der Waals surface area contributed by atoms with E-state index in [-0.39, 0.29) is 646 Å². The molecule has 0 aromatic carbocycles. The lowest BCUT2D eigenvalue weighted by molar-refractivity contribution is 2.50. The Morgan fingerprint density at radius 2 is 0.0115 bits per heavy atom. The van der Waals surface area contributed by atoms with Gasteiger partial charge in [-0.2, -0.15) is 0 Å². The van der Waals surface area contributed by atoms with Crippen molar-refractivity contribution < 1.29 is 0 Å².